The van der Waals surface area contributed by atoms with Gasteiger partial charge in [0.25, 0.3) is 0 Å². The van der Waals surface area contributed by atoms with Gasteiger partial charge in [0.1, 0.15) is 11.6 Å². The van der Waals surface area contributed by atoms with Crippen molar-refractivity contribution in [2.75, 3.05) is 5.73 Å². The Morgan fingerprint density at radius 3 is 2.62 bits per heavy atom. The van der Waals surface area contributed by atoms with Crippen molar-refractivity contribution < 1.29 is 9.50 Å². The van der Waals surface area contributed by atoms with Gasteiger partial charge in [0.2, 0.25) is 0 Å². The fourth-order valence-electron chi connectivity index (χ4n) is 1.76. The molecule has 5 N–H and O–H groups in total. The topological polar surface area (TPSA) is 72.3 Å². The number of benzene rings is 1. The van der Waals surface area contributed by atoms with Gasteiger partial charge in [0.05, 0.1) is 5.69 Å². The summed E-state index contributed by atoms with van der Waals surface area (Å²) in [5.74, 6) is 0.0972. The number of hydrogen-bond acceptors (Lipinski definition) is 3. The molecule has 3 nitrogen and oxygen atoms in total. The molecule has 1 aliphatic carbocycles. The summed E-state index contributed by atoms with van der Waals surface area (Å²) >= 11 is 0. The van der Waals surface area contributed by atoms with E-state index in [0.29, 0.717) is 11.5 Å². The first-order valence-electron chi connectivity index (χ1n) is 5.11. The summed E-state index contributed by atoms with van der Waals surface area (Å²) in [5.41, 5.74) is 11.8. The highest BCUT2D eigenvalue weighted by atomic mass is 35.5. The number of anilines is 1. The van der Waals surface area contributed by atoms with E-state index in [0.717, 1.165) is 12.5 Å². The maximum Gasteiger partial charge on any atom is 0.143 e. The van der Waals surface area contributed by atoms with Crippen molar-refractivity contribution in [3.63, 3.8) is 0 Å². The molecule has 90 valence electrons. The fraction of sp³-hybridized carbons (Fsp3) is 0.455. The van der Waals surface area contributed by atoms with E-state index in [4.69, 9.17) is 11.5 Å². The molecule has 1 aliphatic rings. The third kappa shape index (κ3) is 2.77. The summed E-state index contributed by atoms with van der Waals surface area (Å²) in [6.07, 6.45) is 3.15. The van der Waals surface area contributed by atoms with E-state index >= 15 is 0 Å². The van der Waals surface area contributed by atoms with E-state index in [2.05, 4.69) is 0 Å². The van der Waals surface area contributed by atoms with Gasteiger partial charge in [0.15, 0.2) is 0 Å². The van der Waals surface area contributed by atoms with Gasteiger partial charge in [-0.15, -0.1) is 12.4 Å². The van der Waals surface area contributed by atoms with Gasteiger partial charge in [-0.3, -0.25) is 0 Å². The highest BCUT2D eigenvalue weighted by Crippen LogP contribution is 2.39. The van der Waals surface area contributed by atoms with Crippen LogP contribution in [0.2, 0.25) is 0 Å². The van der Waals surface area contributed by atoms with Crippen molar-refractivity contribution in [1.82, 2.24) is 0 Å². The normalized spacial score (nSPS) is 16.6. The van der Waals surface area contributed by atoms with E-state index in [1.807, 2.05) is 0 Å². The zero-order chi connectivity index (χ0) is 11.0. The molecule has 0 heterocycles. The summed E-state index contributed by atoms with van der Waals surface area (Å²) in [6.45, 7) is 0. The van der Waals surface area contributed by atoms with Crippen molar-refractivity contribution in [2.24, 2.45) is 11.7 Å². The number of phenols is 1. The Bertz CT molecular complexity index is 382. The summed E-state index contributed by atoms with van der Waals surface area (Å²) in [6, 6.07) is 2.04. The van der Waals surface area contributed by atoms with Crippen LogP contribution >= 0.6 is 12.4 Å². The second-order valence-corrected chi connectivity index (χ2v) is 4.22. The van der Waals surface area contributed by atoms with E-state index in [9.17, 15) is 9.50 Å². The largest absolute Gasteiger partial charge is 0.505 e. The summed E-state index contributed by atoms with van der Waals surface area (Å²) in [4.78, 5) is 0. The molecule has 1 atom stereocenters. The minimum atomic E-state index is -0.452. The molecule has 16 heavy (non-hydrogen) atoms. The van der Waals surface area contributed by atoms with E-state index in [1.54, 1.807) is 0 Å². The molecular formula is C11H16ClFN2O. The second kappa shape index (κ2) is 4.89. The van der Waals surface area contributed by atoms with Gasteiger partial charge in [-0.2, -0.15) is 0 Å². The van der Waals surface area contributed by atoms with Crippen LogP contribution in [0.1, 0.15) is 30.9 Å². The average Bonchev–Trinajstić information content (AvgIpc) is 2.94. The van der Waals surface area contributed by atoms with Crippen LogP contribution in [0, 0.1) is 11.7 Å². The maximum atomic E-state index is 13.1. The molecule has 0 bridgehead atoms. The molecule has 0 radical (unpaired) electrons. The van der Waals surface area contributed by atoms with Gasteiger partial charge in [-0.05, 0) is 18.4 Å². The Balaban J connectivity index is 0.00000128. The van der Waals surface area contributed by atoms with Crippen molar-refractivity contribution in [3.8, 4) is 5.75 Å². The standard InChI is InChI=1S/C11H15FN2O.ClH/c12-7-4-8(11(15)10(14)5-7)9(13)3-6-1-2-6;/h4-6,9,15H,1-3,13-14H2;1H/t9-;/m0./s1. The van der Waals surface area contributed by atoms with Crippen LogP contribution in [0.5, 0.6) is 5.75 Å². The smallest absolute Gasteiger partial charge is 0.143 e. The van der Waals surface area contributed by atoms with Gasteiger partial charge >= 0.3 is 0 Å². The Morgan fingerprint density at radius 1 is 1.44 bits per heavy atom. The third-order valence-electron chi connectivity index (χ3n) is 2.82. The third-order valence-corrected chi connectivity index (χ3v) is 2.82. The predicted octanol–water partition coefficient (Wildman–Crippen LogP) is 2.34. The lowest BCUT2D eigenvalue weighted by Gasteiger charge is -2.14. The van der Waals surface area contributed by atoms with Crippen molar-refractivity contribution in [3.05, 3.63) is 23.5 Å². The summed E-state index contributed by atoms with van der Waals surface area (Å²) in [7, 11) is 0. The molecule has 1 fully saturated rings. The zero-order valence-electron chi connectivity index (χ0n) is 8.82. The lowest BCUT2D eigenvalue weighted by molar-refractivity contribution is 0.455. The van der Waals surface area contributed by atoms with Crippen LogP contribution in [0.3, 0.4) is 0 Å². The molecule has 1 saturated carbocycles. The molecule has 0 unspecified atom stereocenters. The first kappa shape index (κ1) is 13.1. The number of hydrogen-bond donors (Lipinski definition) is 3. The molecule has 0 aliphatic heterocycles. The number of nitrogens with two attached hydrogens (primary N) is 2. The number of halogens is 2. The van der Waals surface area contributed by atoms with E-state index < -0.39 is 5.82 Å². The zero-order valence-corrected chi connectivity index (χ0v) is 9.64. The Labute approximate surface area is 100 Å². The lowest BCUT2D eigenvalue weighted by Crippen LogP contribution is -2.12. The molecule has 0 amide bonds. The van der Waals surface area contributed by atoms with Crippen LogP contribution in [0.4, 0.5) is 10.1 Å². The van der Waals surface area contributed by atoms with Crippen molar-refractivity contribution >= 4 is 18.1 Å². The Morgan fingerprint density at radius 2 is 2.06 bits per heavy atom. The first-order chi connectivity index (χ1) is 7.08. The number of nitrogen functional groups attached to an aromatic ring is 1. The van der Waals surface area contributed by atoms with Gasteiger partial charge in [-0.25, -0.2) is 4.39 Å². The van der Waals surface area contributed by atoms with Gasteiger partial charge in [0, 0.05) is 17.7 Å². The molecule has 5 heteroatoms. The molecular weight excluding hydrogens is 231 g/mol. The SMILES string of the molecule is Cl.Nc1cc(F)cc([C@@H](N)CC2CC2)c1O. The summed E-state index contributed by atoms with van der Waals surface area (Å²) in [5, 5.41) is 9.65. The lowest BCUT2D eigenvalue weighted by atomic mass is 10.00. The molecule has 0 spiro atoms. The number of aromatic hydroxyl groups is 1. The van der Waals surface area contributed by atoms with Crippen molar-refractivity contribution in [1.29, 1.82) is 0 Å². The quantitative estimate of drug-likeness (QED) is 0.566. The van der Waals surface area contributed by atoms with E-state index in [-0.39, 0.29) is 29.9 Å². The van der Waals surface area contributed by atoms with E-state index in [1.165, 1.54) is 18.9 Å². The number of rotatable bonds is 3. The molecule has 2 rings (SSSR count). The molecule has 1 aromatic carbocycles. The van der Waals surface area contributed by atoms with Crippen LogP contribution < -0.4 is 11.5 Å². The first-order valence-corrected chi connectivity index (χ1v) is 5.11. The molecule has 0 aromatic heterocycles. The Hall–Kier alpha value is -1.00. The highest BCUT2D eigenvalue weighted by Gasteiger charge is 2.26. The molecule has 1 aromatic rings. The Kier molecular flexibility index (Phi) is 3.99. The second-order valence-electron chi connectivity index (χ2n) is 4.22. The van der Waals surface area contributed by atoms with Gasteiger partial charge in [-0.1, -0.05) is 12.8 Å². The van der Waals surface area contributed by atoms with Crippen molar-refractivity contribution in [2.45, 2.75) is 25.3 Å². The minimum absolute atomic E-state index is 0. The van der Waals surface area contributed by atoms with Crippen LogP contribution in [-0.2, 0) is 0 Å². The number of phenolic OH excluding ortho intramolecular Hbond substituents is 1. The maximum absolute atomic E-state index is 13.1. The predicted molar refractivity (Wildman–Crippen MR) is 64.0 cm³/mol. The van der Waals surface area contributed by atoms with Crippen LogP contribution in [0.25, 0.3) is 0 Å². The van der Waals surface area contributed by atoms with Crippen LogP contribution in [-0.4, -0.2) is 5.11 Å². The van der Waals surface area contributed by atoms with Gasteiger partial charge < -0.3 is 16.6 Å². The fourth-order valence-corrected chi connectivity index (χ4v) is 1.76. The monoisotopic (exact) mass is 246 g/mol. The summed E-state index contributed by atoms with van der Waals surface area (Å²) < 4.78 is 13.1. The average molecular weight is 247 g/mol. The van der Waals surface area contributed by atoms with Crippen LogP contribution in [0.15, 0.2) is 12.1 Å². The highest BCUT2D eigenvalue weighted by molar-refractivity contribution is 5.85. The molecule has 0 saturated heterocycles. The minimum Gasteiger partial charge on any atom is -0.505 e.